The highest BCUT2D eigenvalue weighted by Gasteiger charge is 2.25. The van der Waals surface area contributed by atoms with Gasteiger partial charge in [0.2, 0.25) is 5.91 Å². The van der Waals surface area contributed by atoms with E-state index in [9.17, 15) is 4.79 Å². The molecule has 0 saturated carbocycles. The quantitative estimate of drug-likeness (QED) is 0.385. The van der Waals surface area contributed by atoms with Gasteiger partial charge in [0.25, 0.3) is 0 Å². The number of carbonyl (C=O) groups excluding carboxylic acids is 1. The van der Waals surface area contributed by atoms with Crippen molar-refractivity contribution in [2.45, 2.75) is 43.3 Å². The molecule has 2 aromatic carbocycles. The summed E-state index contributed by atoms with van der Waals surface area (Å²) >= 11 is 13.6. The van der Waals surface area contributed by atoms with E-state index in [1.54, 1.807) is 18.2 Å². The number of anilines is 1. The zero-order valence-corrected chi connectivity index (χ0v) is 20.9. The van der Waals surface area contributed by atoms with Gasteiger partial charge >= 0.3 is 0 Å². The van der Waals surface area contributed by atoms with Gasteiger partial charge in [-0.25, -0.2) is 0 Å². The molecule has 1 aromatic heterocycles. The molecule has 1 N–H and O–H groups in total. The molecule has 9 heteroatoms. The lowest BCUT2D eigenvalue weighted by Gasteiger charge is -2.23. The van der Waals surface area contributed by atoms with E-state index >= 15 is 0 Å². The third kappa shape index (κ3) is 5.84. The summed E-state index contributed by atoms with van der Waals surface area (Å²) < 4.78 is 2.10. The first-order valence-corrected chi connectivity index (χ1v) is 12.0. The summed E-state index contributed by atoms with van der Waals surface area (Å²) in [5.41, 5.74) is 1.63. The monoisotopic (exact) mass is 491 g/mol. The van der Waals surface area contributed by atoms with Gasteiger partial charge in [-0.05, 0) is 45.1 Å². The van der Waals surface area contributed by atoms with Crippen LogP contribution in [0.3, 0.4) is 0 Å². The molecule has 1 heterocycles. The molecule has 0 bridgehead atoms. The molecule has 6 nitrogen and oxygen atoms in total. The number of hydrogen-bond acceptors (Lipinski definition) is 5. The Labute approximate surface area is 203 Å². The van der Waals surface area contributed by atoms with Crippen LogP contribution in [0.25, 0.3) is 0 Å². The Morgan fingerprint density at radius 3 is 2.50 bits per heavy atom. The van der Waals surface area contributed by atoms with E-state index < -0.39 is 5.25 Å². The number of benzene rings is 2. The van der Waals surface area contributed by atoms with E-state index in [4.69, 9.17) is 23.2 Å². The Morgan fingerprint density at radius 2 is 1.84 bits per heavy atom. The maximum Gasteiger partial charge on any atom is 0.237 e. The lowest BCUT2D eigenvalue weighted by atomic mass is 10.2. The largest absolute Gasteiger partial charge is 0.324 e. The summed E-state index contributed by atoms with van der Waals surface area (Å²) in [5.74, 6) is 0.698. The van der Waals surface area contributed by atoms with E-state index in [1.807, 2.05) is 39.2 Å². The maximum atomic E-state index is 12.9. The molecule has 0 aliphatic carbocycles. The number of amides is 1. The van der Waals surface area contributed by atoms with E-state index in [1.165, 1.54) is 11.8 Å². The highest BCUT2D eigenvalue weighted by atomic mass is 35.5. The van der Waals surface area contributed by atoms with E-state index in [-0.39, 0.29) is 11.9 Å². The van der Waals surface area contributed by atoms with Crippen LogP contribution in [0.15, 0.2) is 53.7 Å². The van der Waals surface area contributed by atoms with Crippen LogP contribution < -0.4 is 5.32 Å². The van der Waals surface area contributed by atoms with E-state index in [2.05, 4.69) is 44.0 Å². The zero-order valence-electron chi connectivity index (χ0n) is 18.5. The molecule has 170 valence electrons. The zero-order chi connectivity index (χ0) is 23.3. The Morgan fingerprint density at radius 1 is 1.12 bits per heavy atom. The van der Waals surface area contributed by atoms with Crippen LogP contribution in [-0.2, 0) is 11.3 Å². The molecule has 3 aromatic rings. The van der Waals surface area contributed by atoms with Gasteiger partial charge < -0.3 is 9.88 Å². The van der Waals surface area contributed by atoms with Crippen molar-refractivity contribution in [2.75, 3.05) is 19.4 Å². The fraction of sp³-hybridized carbons (Fsp3) is 0.348. The Bertz CT molecular complexity index is 1060. The molecule has 0 spiro atoms. The van der Waals surface area contributed by atoms with Crippen LogP contribution in [0, 0.1) is 0 Å². The normalized spacial score (nSPS) is 13.2. The molecule has 0 fully saturated rings. The fourth-order valence-corrected chi connectivity index (χ4v) is 4.58. The second kappa shape index (κ2) is 11.2. The summed E-state index contributed by atoms with van der Waals surface area (Å²) in [6.07, 6.45) is 0.897. The Hall–Kier alpha value is -2.06. The average molecular weight is 492 g/mol. The van der Waals surface area contributed by atoms with Crippen molar-refractivity contribution in [1.82, 2.24) is 19.7 Å². The predicted molar refractivity (Wildman–Crippen MR) is 133 cm³/mol. The molecular formula is C23H27Cl2N5OS. The van der Waals surface area contributed by atoms with Crippen molar-refractivity contribution >= 4 is 46.6 Å². The maximum absolute atomic E-state index is 12.9. The topological polar surface area (TPSA) is 63.1 Å². The van der Waals surface area contributed by atoms with Gasteiger partial charge in [0.05, 0.1) is 33.6 Å². The number of aromatic nitrogens is 3. The Kier molecular flexibility index (Phi) is 8.59. The molecule has 2 atom stereocenters. The van der Waals surface area contributed by atoms with E-state index in [0.717, 1.165) is 17.8 Å². The SMILES string of the molecule is CCC(c1nnc(SC(C)C(=O)Nc2cccc(Cl)c2Cl)n1Cc1ccccc1)N(C)C. The van der Waals surface area contributed by atoms with Gasteiger partial charge in [-0.15, -0.1) is 10.2 Å². The average Bonchev–Trinajstić information content (AvgIpc) is 3.14. The smallest absolute Gasteiger partial charge is 0.237 e. The van der Waals surface area contributed by atoms with Gasteiger partial charge in [-0.1, -0.05) is 78.3 Å². The molecule has 2 unspecified atom stereocenters. The minimum atomic E-state index is -0.420. The lowest BCUT2D eigenvalue weighted by molar-refractivity contribution is -0.115. The van der Waals surface area contributed by atoms with Crippen molar-refractivity contribution < 1.29 is 4.79 Å². The van der Waals surface area contributed by atoms with Crippen molar-refractivity contribution in [3.8, 4) is 0 Å². The standard InChI is InChI=1S/C23H27Cl2N5OS/c1-5-19(29(3)4)21-27-28-23(30(21)14-16-10-7-6-8-11-16)32-15(2)22(31)26-18-13-9-12-17(24)20(18)25/h6-13,15,19H,5,14H2,1-4H3,(H,26,31). The van der Waals surface area contributed by atoms with Gasteiger partial charge in [0, 0.05) is 0 Å². The van der Waals surface area contributed by atoms with Crippen LogP contribution in [0.5, 0.6) is 0 Å². The van der Waals surface area contributed by atoms with Crippen molar-refractivity contribution in [1.29, 1.82) is 0 Å². The number of nitrogens with one attached hydrogen (secondary N) is 1. The number of halogens is 2. The molecule has 3 rings (SSSR count). The molecule has 0 aliphatic rings. The number of nitrogens with zero attached hydrogens (tertiary/aromatic N) is 4. The first-order chi connectivity index (χ1) is 15.3. The van der Waals surface area contributed by atoms with Crippen LogP contribution in [-0.4, -0.2) is 44.9 Å². The van der Waals surface area contributed by atoms with Crippen LogP contribution in [0.4, 0.5) is 5.69 Å². The third-order valence-corrected chi connectivity index (χ3v) is 7.00. The molecule has 0 radical (unpaired) electrons. The Balaban J connectivity index is 1.85. The van der Waals surface area contributed by atoms with Crippen LogP contribution in [0.2, 0.25) is 10.0 Å². The van der Waals surface area contributed by atoms with E-state index in [0.29, 0.717) is 27.4 Å². The molecule has 32 heavy (non-hydrogen) atoms. The molecule has 0 aliphatic heterocycles. The summed E-state index contributed by atoms with van der Waals surface area (Å²) in [4.78, 5) is 15.0. The highest BCUT2D eigenvalue weighted by Crippen LogP contribution is 2.32. The lowest BCUT2D eigenvalue weighted by Crippen LogP contribution is -2.25. The third-order valence-electron chi connectivity index (χ3n) is 5.10. The van der Waals surface area contributed by atoms with Gasteiger partial charge in [-0.2, -0.15) is 0 Å². The molecule has 1 amide bonds. The van der Waals surface area contributed by atoms with Crippen LogP contribution >= 0.6 is 35.0 Å². The number of rotatable bonds is 9. The van der Waals surface area contributed by atoms with Crippen molar-refractivity contribution in [3.63, 3.8) is 0 Å². The summed E-state index contributed by atoms with van der Waals surface area (Å²) in [6, 6.07) is 15.4. The predicted octanol–water partition coefficient (Wildman–Crippen LogP) is 5.77. The summed E-state index contributed by atoms with van der Waals surface area (Å²) in [7, 11) is 4.07. The number of carbonyl (C=O) groups is 1. The first kappa shape index (κ1) is 24.6. The van der Waals surface area contributed by atoms with Gasteiger partial charge in [-0.3, -0.25) is 9.69 Å². The van der Waals surface area contributed by atoms with Crippen LogP contribution in [0.1, 0.15) is 37.7 Å². The minimum Gasteiger partial charge on any atom is -0.324 e. The summed E-state index contributed by atoms with van der Waals surface area (Å²) in [5, 5.41) is 12.8. The summed E-state index contributed by atoms with van der Waals surface area (Å²) in [6.45, 7) is 4.59. The van der Waals surface area contributed by atoms with Crippen molar-refractivity contribution in [2.24, 2.45) is 0 Å². The number of hydrogen-bond donors (Lipinski definition) is 1. The second-order valence-electron chi connectivity index (χ2n) is 7.65. The highest BCUT2D eigenvalue weighted by molar-refractivity contribution is 8.00. The minimum absolute atomic E-state index is 0.120. The fourth-order valence-electron chi connectivity index (χ4n) is 3.37. The second-order valence-corrected chi connectivity index (χ2v) is 9.74. The molecular weight excluding hydrogens is 465 g/mol. The molecule has 0 saturated heterocycles. The van der Waals surface area contributed by atoms with Gasteiger partial charge in [0.1, 0.15) is 0 Å². The number of thioether (sulfide) groups is 1. The van der Waals surface area contributed by atoms with Crippen molar-refractivity contribution in [3.05, 3.63) is 70.0 Å². The van der Waals surface area contributed by atoms with Gasteiger partial charge in [0.15, 0.2) is 11.0 Å². The first-order valence-electron chi connectivity index (χ1n) is 10.4.